The van der Waals surface area contributed by atoms with Gasteiger partial charge in [-0.25, -0.2) is 4.99 Å². The lowest BCUT2D eigenvalue weighted by molar-refractivity contribution is -0.168. The number of fused-ring (bicyclic) bond motifs is 2. The minimum Gasteiger partial charge on any atom is -0.378 e. The van der Waals surface area contributed by atoms with Gasteiger partial charge in [-0.15, -0.1) is 0 Å². The molecule has 5 aliphatic heterocycles. The van der Waals surface area contributed by atoms with Gasteiger partial charge >= 0.3 is 0 Å². The van der Waals surface area contributed by atoms with Crippen molar-refractivity contribution in [2.45, 2.75) is 51.0 Å². The van der Waals surface area contributed by atoms with Crippen LogP contribution < -0.4 is 10.6 Å². The molecule has 1 aromatic rings. The van der Waals surface area contributed by atoms with Gasteiger partial charge < -0.3 is 29.9 Å². The Morgan fingerprint density at radius 2 is 2.17 bits per heavy atom. The predicted molar refractivity (Wildman–Crippen MR) is 140 cm³/mol. The van der Waals surface area contributed by atoms with Gasteiger partial charge in [0.15, 0.2) is 5.60 Å². The molecule has 2 fully saturated rings. The summed E-state index contributed by atoms with van der Waals surface area (Å²) in [5.74, 6) is 1.13. The average molecular weight is 492 g/mol. The monoisotopic (exact) mass is 491 g/mol. The summed E-state index contributed by atoms with van der Waals surface area (Å²) in [6.07, 6.45) is 6.39. The highest BCUT2D eigenvalue weighted by Gasteiger charge is 2.42. The number of carbonyl (C=O) groups is 1. The third kappa shape index (κ3) is 4.30. The van der Waals surface area contributed by atoms with Gasteiger partial charge in [0.2, 0.25) is 0 Å². The number of likely N-dealkylation sites (N-methyl/N-ethyl adjacent to an activating group) is 1. The lowest BCUT2D eigenvalue weighted by atomic mass is 9.87. The summed E-state index contributed by atoms with van der Waals surface area (Å²) in [5, 5.41) is 7.01. The number of hydrogen-bond acceptors (Lipinski definition) is 7. The van der Waals surface area contributed by atoms with Gasteiger partial charge in [-0.3, -0.25) is 4.79 Å². The zero-order valence-electron chi connectivity index (χ0n) is 21.6. The topological polar surface area (TPSA) is 78.4 Å². The van der Waals surface area contributed by atoms with Gasteiger partial charge in [-0.2, -0.15) is 0 Å². The number of nitrogens with zero attached hydrogens (tertiary/aromatic N) is 3. The molecule has 2 N–H and O–H groups in total. The van der Waals surface area contributed by atoms with E-state index in [1.807, 2.05) is 18.7 Å². The van der Waals surface area contributed by atoms with Crippen LogP contribution in [0.2, 0.25) is 0 Å². The molecule has 0 bridgehead atoms. The largest absolute Gasteiger partial charge is 0.378 e. The van der Waals surface area contributed by atoms with Crippen LogP contribution in [-0.2, 0) is 27.2 Å². The first kappa shape index (κ1) is 23.9. The van der Waals surface area contributed by atoms with Crippen molar-refractivity contribution in [3.63, 3.8) is 0 Å². The van der Waals surface area contributed by atoms with Crippen LogP contribution in [0.3, 0.4) is 0 Å². The van der Waals surface area contributed by atoms with Crippen LogP contribution in [-0.4, -0.2) is 86.2 Å². The van der Waals surface area contributed by atoms with E-state index in [4.69, 9.17) is 14.5 Å². The first-order valence-electron chi connectivity index (χ1n) is 13.3. The van der Waals surface area contributed by atoms with Crippen molar-refractivity contribution in [3.05, 3.63) is 52.1 Å². The standard InChI is InChI=1S/C28H37N5O3/c1-18-14-29-17-28(2,36-18)27(34)33-9-6-19-11-21(24-13-20-5-4-8-32(3)26(20)31-24)12-22(23(19)15-33)25-16-35-10-7-30-25/h5,11-13,18,25,29-30H,4,6-10,14-17H2,1-3H3/t18-,25?,28-/m1/s1. The number of ether oxygens (including phenoxy) is 2. The molecule has 6 rings (SSSR count). The molecule has 5 aliphatic rings. The van der Waals surface area contributed by atoms with Crippen molar-refractivity contribution < 1.29 is 14.3 Å². The summed E-state index contributed by atoms with van der Waals surface area (Å²) in [5.41, 5.74) is 6.32. The third-order valence-electron chi connectivity index (χ3n) is 8.03. The third-order valence-corrected chi connectivity index (χ3v) is 8.03. The smallest absolute Gasteiger partial charge is 0.256 e. The van der Waals surface area contributed by atoms with Crippen LogP contribution in [0.25, 0.3) is 5.70 Å². The maximum Gasteiger partial charge on any atom is 0.256 e. The molecule has 5 heterocycles. The number of nitrogens with one attached hydrogen (secondary N) is 2. The van der Waals surface area contributed by atoms with Crippen molar-refractivity contribution in [2.24, 2.45) is 4.99 Å². The van der Waals surface area contributed by atoms with Gasteiger partial charge in [-0.1, -0.05) is 6.08 Å². The van der Waals surface area contributed by atoms with Crippen molar-refractivity contribution >= 4 is 17.4 Å². The van der Waals surface area contributed by atoms with E-state index in [1.54, 1.807) is 0 Å². The van der Waals surface area contributed by atoms with Crippen LogP contribution in [0, 0.1) is 0 Å². The van der Waals surface area contributed by atoms with E-state index in [0.29, 0.717) is 26.2 Å². The van der Waals surface area contributed by atoms with Crippen molar-refractivity contribution in [3.8, 4) is 0 Å². The van der Waals surface area contributed by atoms with E-state index in [0.717, 1.165) is 56.2 Å². The zero-order chi connectivity index (χ0) is 24.9. The van der Waals surface area contributed by atoms with Crippen molar-refractivity contribution in [2.75, 3.05) is 53.0 Å². The Balaban J connectivity index is 1.34. The van der Waals surface area contributed by atoms with Gasteiger partial charge in [0.1, 0.15) is 5.84 Å². The molecule has 0 radical (unpaired) electrons. The second-order valence-corrected chi connectivity index (χ2v) is 10.9. The van der Waals surface area contributed by atoms with Crippen LogP contribution in [0.1, 0.15) is 48.6 Å². The highest BCUT2D eigenvalue weighted by atomic mass is 16.5. The normalized spacial score (nSPS) is 30.2. The molecule has 192 valence electrons. The second kappa shape index (κ2) is 9.41. The van der Waals surface area contributed by atoms with E-state index in [9.17, 15) is 4.79 Å². The molecular weight excluding hydrogens is 454 g/mol. The molecule has 8 nitrogen and oxygen atoms in total. The Kier molecular flexibility index (Phi) is 6.24. The number of aliphatic imine (C=N–C) groups is 1. The van der Waals surface area contributed by atoms with Crippen LogP contribution in [0.4, 0.5) is 0 Å². The van der Waals surface area contributed by atoms with Crippen molar-refractivity contribution in [1.29, 1.82) is 0 Å². The number of amidine groups is 1. The quantitative estimate of drug-likeness (QED) is 0.674. The summed E-state index contributed by atoms with van der Waals surface area (Å²) in [6.45, 7) is 9.73. The molecule has 36 heavy (non-hydrogen) atoms. The fourth-order valence-electron chi connectivity index (χ4n) is 6.14. The summed E-state index contributed by atoms with van der Waals surface area (Å²) in [7, 11) is 2.11. The lowest BCUT2D eigenvalue weighted by Crippen LogP contribution is -2.60. The number of carbonyl (C=O) groups excluding carboxylic acids is 1. The first-order chi connectivity index (χ1) is 17.4. The summed E-state index contributed by atoms with van der Waals surface area (Å²) in [4.78, 5) is 22.9. The molecule has 0 aliphatic carbocycles. The summed E-state index contributed by atoms with van der Waals surface area (Å²) >= 11 is 0. The number of rotatable bonds is 3. The van der Waals surface area contributed by atoms with Gasteiger partial charge in [0, 0.05) is 57.5 Å². The van der Waals surface area contributed by atoms with E-state index >= 15 is 0 Å². The number of amides is 1. The maximum atomic E-state index is 13.7. The van der Waals surface area contributed by atoms with E-state index in [2.05, 4.69) is 46.9 Å². The fraction of sp³-hybridized carbons (Fsp3) is 0.571. The average Bonchev–Trinajstić information content (AvgIpc) is 3.34. The number of hydrogen-bond donors (Lipinski definition) is 2. The van der Waals surface area contributed by atoms with Gasteiger partial charge in [0.05, 0.1) is 31.1 Å². The SMILES string of the molecule is C[C@@H]1CNC[C@](C)(C(=O)N2CCc3cc(C4=CC5=CCCN(C)C5=N4)cc(C4COCCN4)c3C2)O1. The molecule has 8 heteroatoms. The van der Waals surface area contributed by atoms with E-state index in [-0.39, 0.29) is 18.1 Å². The van der Waals surface area contributed by atoms with Crippen LogP contribution >= 0.6 is 0 Å². The Hall–Kier alpha value is -2.52. The van der Waals surface area contributed by atoms with Crippen molar-refractivity contribution in [1.82, 2.24) is 20.4 Å². The van der Waals surface area contributed by atoms with E-state index < -0.39 is 5.60 Å². The Bertz CT molecular complexity index is 1150. The minimum absolute atomic E-state index is 0.0191. The number of benzene rings is 1. The second-order valence-electron chi connectivity index (χ2n) is 10.9. The Morgan fingerprint density at radius 1 is 1.28 bits per heavy atom. The number of morpholine rings is 2. The molecule has 0 aromatic heterocycles. The zero-order valence-corrected chi connectivity index (χ0v) is 21.6. The van der Waals surface area contributed by atoms with Crippen LogP contribution in [0.15, 0.2) is 34.9 Å². The first-order valence-corrected chi connectivity index (χ1v) is 13.3. The van der Waals surface area contributed by atoms with E-state index in [1.165, 1.54) is 22.3 Å². The molecule has 0 saturated carbocycles. The molecule has 2 saturated heterocycles. The fourth-order valence-corrected chi connectivity index (χ4v) is 6.14. The minimum atomic E-state index is -0.831. The summed E-state index contributed by atoms with van der Waals surface area (Å²) < 4.78 is 12.0. The highest BCUT2D eigenvalue weighted by molar-refractivity contribution is 6.09. The predicted octanol–water partition coefficient (Wildman–Crippen LogP) is 2.01. The highest BCUT2D eigenvalue weighted by Crippen LogP contribution is 2.36. The summed E-state index contributed by atoms with van der Waals surface area (Å²) in [6, 6.07) is 4.67. The molecule has 3 atom stereocenters. The molecular formula is C28H37N5O3. The molecule has 1 amide bonds. The van der Waals surface area contributed by atoms with Crippen LogP contribution in [0.5, 0.6) is 0 Å². The maximum absolute atomic E-state index is 13.7. The van der Waals surface area contributed by atoms with Gasteiger partial charge in [0.25, 0.3) is 5.91 Å². The Labute approximate surface area is 213 Å². The Morgan fingerprint density at radius 3 is 2.94 bits per heavy atom. The molecule has 1 aromatic carbocycles. The van der Waals surface area contributed by atoms with Gasteiger partial charge in [-0.05, 0) is 61.6 Å². The molecule has 0 spiro atoms. The molecule has 1 unspecified atom stereocenters. The lowest BCUT2D eigenvalue weighted by Gasteiger charge is -2.42.